The molecule has 2 aliphatic rings. The van der Waals surface area contributed by atoms with Crippen LogP contribution in [0.3, 0.4) is 0 Å². The van der Waals surface area contributed by atoms with Crippen molar-refractivity contribution in [2.24, 2.45) is 16.2 Å². The van der Waals surface area contributed by atoms with Gasteiger partial charge in [-0.2, -0.15) is 0 Å². The van der Waals surface area contributed by atoms with Crippen molar-refractivity contribution in [1.29, 1.82) is 0 Å². The van der Waals surface area contributed by atoms with Crippen LogP contribution in [0.1, 0.15) is 86.0 Å². The lowest BCUT2D eigenvalue weighted by molar-refractivity contribution is 0.0784. The van der Waals surface area contributed by atoms with Crippen LogP contribution in [0, 0.1) is 16.2 Å². The lowest BCUT2D eigenvalue weighted by atomic mass is 9.63. The Bertz CT molecular complexity index is 281. The largest absolute Gasteiger partial charge is 0.313 e. The molecule has 0 aromatic heterocycles. The molecule has 0 aromatic carbocycles. The second kappa shape index (κ2) is 5.39. The fourth-order valence-electron chi connectivity index (χ4n) is 5.13. The van der Waals surface area contributed by atoms with Crippen molar-refractivity contribution in [3.05, 3.63) is 0 Å². The first kappa shape index (κ1) is 15.4. The first-order valence-electron chi connectivity index (χ1n) is 8.49. The maximum absolute atomic E-state index is 3.97. The van der Waals surface area contributed by atoms with Crippen molar-refractivity contribution in [3.8, 4) is 0 Å². The quantitative estimate of drug-likeness (QED) is 0.741. The van der Waals surface area contributed by atoms with Crippen molar-refractivity contribution in [1.82, 2.24) is 5.32 Å². The van der Waals surface area contributed by atoms with Crippen LogP contribution in [0.5, 0.6) is 0 Å². The molecule has 2 fully saturated rings. The molecule has 112 valence electrons. The van der Waals surface area contributed by atoms with Gasteiger partial charge in [-0.3, -0.25) is 0 Å². The molecule has 0 bridgehead atoms. The molecule has 0 aliphatic heterocycles. The lowest BCUT2D eigenvalue weighted by Crippen LogP contribution is -2.46. The second-order valence-electron chi connectivity index (χ2n) is 9.05. The summed E-state index contributed by atoms with van der Waals surface area (Å²) >= 11 is 0. The van der Waals surface area contributed by atoms with Gasteiger partial charge in [0.15, 0.2) is 0 Å². The highest BCUT2D eigenvalue weighted by atomic mass is 14.9. The molecule has 0 spiro atoms. The van der Waals surface area contributed by atoms with E-state index in [-0.39, 0.29) is 0 Å². The van der Waals surface area contributed by atoms with Crippen LogP contribution in [0.4, 0.5) is 0 Å². The Morgan fingerprint density at radius 2 is 1.47 bits per heavy atom. The smallest absolute Gasteiger partial charge is 0.00774 e. The van der Waals surface area contributed by atoms with Gasteiger partial charge in [-0.15, -0.1) is 0 Å². The molecule has 1 N–H and O–H groups in total. The van der Waals surface area contributed by atoms with Crippen molar-refractivity contribution in [2.45, 2.75) is 92.0 Å². The molecule has 1 heteroatoms. The Kier molecular flexibility index (Phi) is 4.35. The first-order valence-corrected chi connectivity index (χ1v) is 8.49. The van der Waals surface area contributed by atoms with E-state index in [4.69, 9.17) is 0 Å². The van der Waals surface area contributed by atoms with Gasteiger partial charge in [-0.05, 0) is 54.8 Å². The van der Waals surface area contributed by atoms with Gasteiger partial charge in [0.05, 0.1) is 0 Å². The lowest BCUT2D eigenvalue weighted by Gasteiger charge is -2.46. The molecular weight excluding hydrogens is 230 g/mol. The predicted octanol–water partition coefficient (Wildman–Crippen LogP) is 5.15. The summed E-state index contributed by atoms with van der Waals surface area (Å²) in [6, 6.07) is 0.739. The average Bonchev–Trinajstić information content (AvgIpc) is 2.71. The summed E-state index contributed by atoms with van der Waals surface area (Å²) in [6.07, 6.45) is 11.3. The minimum absolute atomic E-state index is 0.508. The molecule has 0 amide bonds. The van der Waals surface area contributed by atoms with E-state index < -0.39 is 0 Å². The minimum Gasteiger partial charge on any atom is -0.313 e. The predicted molar refractivity (Wildman–Crippen MR) is 84.4 cm³/mol. The molecule has 0 aromatic rings. The third kappa shape index (κ3) is 3.97. The van der Waals surface area contributed by atoms with Gasteiger partial charge in [-0.1, -0.05) is 47.5 Å². The van der Waals surface area contributed by atoms with E-state index in [0.717, 1.165) is 6.04 Å². The number of nitrogens with one attached hydrogen (secondary N) is 1. The SMILES string of the molecule is CCC1(CNC2CC(C)(C)CC(C)(C)C2)CCCC1. The minimum atomic E-state index is 0.508. The standard InChI is InChI=1S/C18H35N/c1-6-18(9-7-8-10-18)14-19-15-11-16(2,3)13-17(4,5)12-15/h15,19H,6-14H2,1-5H3. The number of hydrogen-bond acceptors (Lipinski definition) is 1. The van der Waals surface area contributed by atoms with Gasteiger partial charge < -0.3 is 5.32 Å². The Morgan fingerprint density at radius 1 is 0.947 bits per heavy atom. The van der Waals surface area contributed by atoms with Crippen LogP contribution in [0.15, 0.2) is 0 Å². The summed E-state index contributed by atoms with van der Waals surface area (Å²) in [7, 11) is 0. The third-order valence-corrected chi connectivity index (χ3v) is 5.74. The van der Waals surface area contributed by atoms with Crippen LogP contribution in [-0.2, 0) is 0 Å². The monoisotopic (exact) mass is 265 g/mol. The van der Waals surface area contributed by atoms with E-state index in [2.05, 4.69) is 39.9 Å². The molecule has 0 atom stereocenters. The molecule has 2 saturated carbocycles. The molecule has 0 unspecified atom stereocenters. The van der Waals surface area contributed by atoms with Gasteiger partial charge >= 0.3 is 0 Å². The fourth-order valence-corrected chi connectivity index (χ4v) is 5.13. The Hall–Kier alpha value is -0.0400. The van der Waals surface area contributed by atoms with Crippen molar-refractivity contribution in [3.63, 3.8) is 0 Å². The second-order valence-corrected chi connectivity index (χ2v) is 9.05. The normalized spacial score (nSPS) is 29.5. The Morgan fingerprint density at radius 3 is 1.95 bits per heavy atom. The first-order chi connectivity index (χ1) is 8.76. The van der Waals surface area contributed by atoms with Crippen molar-refractivity contribution in [2.75, 3.05) is 6.54 Å². The van der Waals surface area contributed by atoms with Crippen molar-refractivity contribution < 1.29 is 0 Å². The highest BCUT2D eigenvalue weighted by Gasteiger charge is 2.39. The fraction of sp³-hybridized carbons (Fsp3) is 1.00. The molecule has 2 rings (SSSR count). The van der Waals surface area contributed by atoms with Crippen molar-refractivity contribution >= 4 is 0 Å². The molecule has 2 aliphatic carbocycles. The summed E-state index contributed by atoms with van der Waals surface area (Å²) in [5.74, 6) is 0. The zero-order valence-electron chi connectivity index (χ0n) is 13.9. The van der Waals surface area contributed by atoms with Crippen LogP contribution < -0.4 is 5.32 Å². The molecule has 0 saturated heterocycles. The number of rotatable bonds is 4. The van der Waals surface area contributed by atoms with E-state index in [1.807, 2.05) is 0 Å². The summed E-state index contributed by atoms with van der Waals surface area (Å²) in [5, 5.41) is 3.97. The summed E-state index contributed by atoms with van der Waals surface area (Å²) in [5.41, 5.74) is 1.65. The van der Waals surface area contributed by atoms with Crippen LogP contribution >= 0.6 is 0 Å². The molecule has 0 heterocycles. The van der Waals surface area contributed by atoms with Gasteiger partial charge in [0.25, 0.3) is 0 Å². The van der Waals surface area contributed by atoms with E-state index in [1.165, 1.54) is 57.9 Å². The molecule has 1 nitrogen and oxygen atoms in total. The molecule has 0 radical (unpaired) electrons. The zero-order chi connectivity index (χ0) is 14.1. The Balaban J connectivity index is 1.91. The van der Waals surface area contributed by atoms with Crippen LogP contribution in [0.25, 0.3) is 0 Å². The van der Waals surface area contributed by atoms with E-state index in [1.54, 1.807) is 0 Å². The molecule has 19 heavy (non-hydrogen) atoms. The Labute approximate surface area is 120 Å². The highest BCUT2D eigenvalue weighted by Crippen LogP contribution is 2.46. The van der Waals surface area contributed by atoms with Gasteiger partial charge in [0.2, 0.25) is 0 Å². The van der Waals surface area contributed by atoms with Crippen LogP contribution in [0.2, 0.25) is 0 Å². The zero-order valence-corrected chi connectivity index (χ0v) is 13.9. The molecular formula is C18H35N. The summed E-state index contributed by atoms with van der Waals surface area (Å²) < 4.78 is 0. The topological polar surface area (TPSA) is 12.0 Å². The van der Waals surface area contributed by atoms with E-state index >= 15 is 0 Å². The number of hydrogen-bond donors (Lipinski definition) is 1. The van der Waals surface area contributed by atoms with E-state index in [0.29, 0.717) is 16.2 Å². The maximum Gasteiger partial charge on any atom is 0.00774 e. The van der Waals surface area contributed by atoms with Gasteiger partial charge in [0, 0.05) is 12.6 Å². The maximum atomic E-state index is 3.97. The van der Waals surface area contributed by atoms with Crippen LogP contribution in [-0.4, -0.2) is 12.6 Å². The van der Waals surface area contributed by atoms with Gasteiger partial charge in [0.1, 0.15) is 0 Å². The van der Waals surface area contributed by atoms with Gasteiger partial charge in [-0.25, -0.2) is 0 Å². The van der Waals surface area contributed by atoms with E-state index in [9.17, 15) is 0 Å². The summed E-state index contributed by atoms with van der Waals surface area (Å²) in [4.78, 5) is 0. The highest BCUT2D eigenvalue weighted by molar-refractivity contribution is 4.94. The third-order valence-electron chi connectivity index (χ3n) is 5.74. The summed E-state index contributed by atoms with van der Waals surface area (Å²) in [6.45, 7) is 13.5. The average molecular weight is 265 g/mol.